The lowest BCUT2D eigenvalue weighted by Gasteiger charge is -2.15. The highest BCUT2D eigenvalue weighted by Crippen LogP contribution is 2.19. The first-order chi connectivity index (χ1) is 11.6. The van der Waals surface area contributed by atoms with Crippen molar-refractivity contribution in [2.75, 3.05) is 6.61 Å². The molecule has 3 aromatic rings. The normalized spacial score (nSPS) is 12.1. The lowest BCUT2D eigenvalue weighted by atomic mass is 10.1. The first kappa shape index (κ1) is 16.2. The molecule has 1 atom stereocenters. The summed E-state index contributed by atoms with van der Waals surface area (Å²) in [5, 5.41) is 14.6. The van der Waals surface area contributed by atoms with Crippen LogP contribution in [0.3, 0.4) is 0 Å². The van der Waals surface area contributed by atoms with Gasteiger partial charge in [-0.25, -0.2) is 0 Å². The molecule has 1 aromatic carbocycles. The highest BCUT2D eigenvalue weighted by atomic mass is 16.5. The van der Waals surface area contributed by atoms with Gasteiger partial charge in [0.1, 0.15) is 18.5 Å². The topological polar surface area (TPSA) is 60.2 Å². The van der Waals surface area contributed by atoms with E-state index in [9.17, 15) is 5.11 Å². The molecule has 0 bridgehead atoms. The van der Waals surface area contributed by atoms with Crippen LogP contribution in [-0.4, -0.2) is 32.6 Å². The summed E-state index contributed by atoms with van der Waals surface area (Å²) in [4.78, 5) is 4.13. The number of aliphatic hydroxyl groups is 1. The predicted octanol–water partition coefficient (Wildman–Crippen LogP) is 3.00. The van der Waals surface area contributed by atoms with Crippen LogP contribution in [0.1, 0.15) is 11.1 Å². The molecule has 24 heavy (non-hydrogen) atoms. The maximum Gasteiger partial charge on any atom is 0.119 e. The number of hydrogen-bond donors (Lipinski definition) is 1. The van der Waals surface area contributed by atoms with Crippen LogP contribution in [0.5, 0.6) is 5.75 Å². The molecule has 5 heteroatoms. The number of aromatic nitrogens is 3. The number of pyridine rings is 1. The summed E-state index contributed by atoms with van der Waals surface area (Å²) in [5.74, 6) is 0.777. The molecule has 0 aliphatic carbocycles. The Morgan fingerprint density at radius 1 is 1.12 bits per heavy atom. The van der Waals surface area contributed by atoms with Crippen molar-refractivity contribution in [1.82, 2.24) is 14.8 Å². The largest absolute Gasteiger partial charge is 0.491 e. The summed E-state index contributed by atoms with van der Waals surface area (Å²) < 4.78 is 7.49. The van der Waals surface area contributed by atoms with Crippen LogP contribution in [0.25, 0.3) is 11.3 Å². The van der Waals surface area contributed by atoms with Gasteiger partial charge in [-0.3, -0.25) is 9.67 Å². The zero-order valence-electron chi connectivity index (χ0n) is 13.9. The molecule has 1 unspecified atom stereocenters. The summed E-state index contributed by atoms with van der Waals surface area (Å²) in [6.07, 6.45) is 4.59. The second kappa shape index (κ2) is 7.27. The Morgan fingerprint density at radius 2 is 1.92 bits per heavy atom. The Balaban J connectivity index is 1.63. The third kappa shape index (κ3) is 4.00. The van der Waals surface area contributed by atoms with Crippen LogP contribution in [0, 0.1) is 13.8 Å². The Labute approximate surface area is 141 Å². The van der Waals surface area contributed by atoms with E-state index >= 15 is 0 Å². The first-order valence-electron chi connectivity index (χ1n) is 7.93. The van der Waals surface area contributed by atoms with E-state index < -0.39 is 6.10 Å². The molecular formula is C19H21N3O2. The van der Waals surface area contributed by atoms with Crippen LogP contribution in [0.15, 0.2) is 55.0 Å². The fourth-order valence-electron chi connectivity index (χ4n) is 2.70. The quantitative estimate of drug-likeness (QED) is 0.757. The molecule has 0 fully saturated rings. The van der Waals surface area contributed by atoms with Crippen LogP contribution in [-0.2, 0) is 6.54 Å². The second-order valence-electron chi connectivity index (χ2n) is 5.93. The molecule has 2 aromatic heterocycles. The molecule has 2 heterocycles. The average molecular weight is 323 g/mol. The zero-order valence-corrected chi connectivity index (χ0v) is 13.9. The van der Waals surface area contributed by atoms with Gasteiger partial charge >= 0.3 is 0 Å². The van der Waals surface area contributed by atoms with Gasteiger partial charge < -0.3 is 9.84 Å². The molecular weight excluding hydrogens is 302 g/mol. The van der Waals surface area contributed by atoms with Gasteiger partial charge in [0.05, 0.1) is 12.2 Å². The Kier molecular flexibility index (Phi) is 4.91. The van der Waals surface area contributed by atoms with Gasteiger partial charge in [0.25, 0.3) is 0 Å². The van der Waals surface area contributed by atoms with Gasteiger partial charge in [-0.1, -0.05) is 6.07 Å². The number of aliphatic hydroxyl groups excluding tert-OH is 1. The van der Waals surface area contributed by atoms with Gasteiger partial charge in [0.15, 0.2) is 0 Å². The van der Waals surface area contributed by atoms with Crippen molar-refractivity contribution in [1.29, 1.82) is 0 Å². The van der Waals surface area contributed by atoms with Crippen molar-refractivity contribution in [3.05, 3.63) is 66.1 Å². The van der Waals surface area contributed by atoms with Crippen LogP contribution in [0.4, 0.5) is 0 Å². The van der Waals surface area contributed by atoms with E-state index in [0.717, 1.165) is 28.1 Å². The molecule has 0 saturated heterocycles. The molecule has 0 aliphatic rings. The molecule has 124 valence electrons. The number of aryl methyl sites for hydroxylation is 2. The lowest BCUT2D eigenvalue weighted by molar-refractivity contribution is 0.0897. The summed E-state index contributed by atoms with van der Waals surface area (Å²) in [6, 6.07) is 11.8. The Bertz CT molecular complexity index is 779. The maximum atomic E-state index is 10.3. The summed E-state index contributed by atoms with van der Waals surface area (Å²) in [7, 11) is 0. The van der Waals surface area contributed by atoms with Crippen molar-refractivity contribution in [2.45, 2.75) is 26.5 Å². The summed E-state index contributed by atoms with van der Waals surface area (Å²) in [5.41, 5.74) is 4.18. The molecule has 0 aliphatic heterocycles. The second-order valence-corrected chi connectivity index (χ2v) is 5.93. The van der Waals surface area contributed by atoms with Crippen molar-refractivity contribution >= 4 is 0 Å². The predicted molar refractivity (Wildman–Crippen MR) is 92.9 cm³/mol. The average Bonchev–Trinajstić information content (AvgIpc) is 3.01. The van der Waals surface area contributed by atoms with Crippen LogP contribution in [0.2, 0.25) is 0 Å². The highest BCUT2D eigenvalue weighted by molar-refractivity contribution is 5.57. The van der Waals surface area contributed by atoms with Gasteiger partial charge in [-0.2, -0.15) is 5.10 Å². The molecule has 0 amide bonds. The molecule has 3 rings (SSSR count). The third-order valence-corrected chi connectivity index (χ3v) is 3.70. The van der Waals surface area contributed by atoms with E-state index in [2.05, 4.69) is 16.1 Å². The van der Waals surface area contributed by atoms with Crippen molar-refractivity contribution in [3.8, 4) is 17.0 Å². The lowest BCUT2D eigenvalue weighted by Crippen LogP contribution is -2.24. The minimum Gasteiger partial charge on any atom is -0.491 e. The van der Waals surface area contributed by atoms with E-state index in [-0.39, 0.29) is 6.61 Å². The SMILES string of the molecule is Cc1cc(C)cc(OCC(O)Cn2nccc2-c2cccnc2)c1. The van der Waals surface area contributed by atoms with Crippen molar-refractivity contribution in [2.24, 2.45) is 0 Å². The van der Waals surface area contributed by atoms with Crippen molar-refractivity contribution < 1.29 is 9.84 Å². The molecule has 0 saturated carbocycles. The van der Waals surface area contributed by atoms with E-state index in [0.29, 0.717) is 6.54 Å². The van der Waals surface area contributed by atoms with Crippen LogP contribution < -0.4 is 4.74 Å². The van der Waals surface area contributed by atoms with E-state index in [1.54, 1.807) is 23.3 Å². The summed E-state index contributed by atoms with van der Waals surface area (Å²) >= 11 is 0. The number of nitrogens with zero attached hydrogens (tertiary/aromatic N) is 3. The van der Waals surface area contributed by atoms with Gasteiger partial charge in [-0.05, 0) is 55.3 Å². The van der Waals surface area contributed by atoms with E-state index in [1.165, 1.54) is 0 Å². The number of hydrogen-bond acceptors (Lipinski definition) is 4. The maximum absolute atomic E-state index is 10.3. The number of ether oxygens (including phenoxy) is 1. The minimum absolute atomic E-state index is 0.217. The Hall–Kier alpha value is -2.66. The van der Waals surface area contributed by atoms with Gasteiger partial charge in [0, 0.05) is 24.2 Å². The number of rotatable bonds is 6. The minimum atomic E-state index is -0.652. The Morgan fingerprint density at radius 3 is 2.62 bits per heavy atom. The standard InChI is InChI=1S/C19H21N3O2/c1-14-8-15(2)10-18(9-14)24-13-17(23)12-22-19(5-7-21-22)16-4-3-6-20-11-16/h3-11,17,23H,12-13H2,1-2H3. The van der Waals surface area contributed by atoms with Crippen molar-refractivity contribution in [3.63, 3.8) is 0 Å². The van der Waals surface area contributed by atoms with Gasteiger partial charge in [-0.15, -0.1) is 0 Å². The van der Waals surface area contributed by atoms with E-state index in [4.69, 9.17) is 4.74 Å². The number of benzene rings is 1. The highest BCUT2D eigenvalue weighted by Gasteiger charge is 2.12. The fraction of sp³-hybridized carbons (Fsp3) is 0.263. The summed E-state index contributed by atoms with van der Waals surface area (Å²) in [6.45, 7) is 4.64. The van der Waals surface area contributed by atoms with Crippen LogP contribution >= 0.6 is 0 Å². The monoisotopic (exact) mass is 323 g/mol. The third-order valence-electron chi connectivity index (χ3n) is 3.70. The molecule has 0 radical (unpaired) electrons. The van der Waals surface area contributed by atoms with E-state index in [1.807, 2.05) is 44.2 Å². The molecule has 5 nitrogen and oxygen atoms in total. The molecule has 0 spiro atoms. The fourth-order valence-corrected chi connectivity index (χ4v) is 2.70. The molecule has 1 N–H and O–H groups in total. The smallest absolute Gasteiger partial charge is 0.119 e. The zero-order chi connectivity index (χ0) is 16.9. The first-order valence-corrected chi connectivity index (χ1v) is 7.93. The van der Waals surface area contributed by atoms with Gasteiger partial charge in [0.2, 0.25) is 0 Å².